The first-order valence-electron chi connectivity index (χ1n) is 7.52. The van der Waals surface area contributed by atoms with Gasteiger partial charge in [-0.05, 0) is 43.7 Å². The molecule has 21 heavy (non-hydrogen) atoms. The number of rotatable bonds is 4. The summed E-state index contributed by atoms with van der Waals surface area (Å²) in [6.07, 6.45) is 0. The van der Waals surface area contributed by atoms with Crippen molar-refractivity contribution in [1.29, 1.82) is 0 Å². The van der Waals surface area contributed by atoms with E-state index >= 15 is 0 Å². The van der Waals surface area contributed by atoms with Crippen molar-refractivity contribution in [2.24, 2.45) is 0 Å². The molecule has 2 nitrogen and oxygen atoms in total. The summed E-state index contributed by atoms with van der Waals surface area (Å²) in [5.74, 6) is 0.935. The van der Waals surface area contributed by atoms with Gasteiger partial charge < -0.3 is 9.73 Å². The topological polar surface area (TPSA) is 25.2 Å². The van der Waals surface area contributed by atoms with Gasteiger partial charge in [0.05, 0.1) is 0 Å². The van der Waals surface area contributed by atoms with Gasteiger partial charge in [-0.3, -0.25) is 0 Å². The zero-order valence-electron chi connectivity index (χ0n) is 12.8. The summed E-state index contributed by atoms with van der Waals surface area (Å²) < 4.78 is 6.06. The van der Waals surface area contributed by atoms with Crippen LogP contribution in [0.5, 0.6) is 0 Å². The summed E-state index contributed by atoms with van der Waals surface area (Å²) in [6, 6.07) is 17.3. The van der Waals surface area contributed by atoms with Crippen molar-refractivity contribution in [1.82, 2.24) is 5.32 Å². The van der Waals surface area contributed by atoms with Crippen LogP contribution in [0.2, 0.25) is 0 Å². The maximum absolute atomic E-state index is 6.06. The first-order valence-corrected chi connectivity index (χ1v) is 7.52. The molecule has 0 bridgehead atoms. The number of hydrogen-bond donors (Lipinski definition) is 1. The Morgan fingerprint density at radius 1 is 1.10 bits per heavy atom. The molecule has 1 aromatic heterocycles. The molecule has 0 spiro atoms. The van der Waals surface area contributed by atoms with Gasteiger partial charge in [-0.15, -0.1) is 0 Å². The molecule has 0 fully saturated rings. The number of para-hydroxylation sites is 1. The van der Waals surface area contributed by atoms with Gasteiger partial charge in [0, 0.05) is 17.0 Å². The predicted molar refractivity (Wildman–Crippen MR) is 88.5 cm³/mol. The van der Waals surface area contributed by atoms with E-state index in [4.69, 9.17) is 4.42 Å². The molecule has 1 unspecified atom stereocenters. The van der Waals surface area contributed by atoms with E-state index in [-0.39, 0.29) is 0 Å². The van der Waals surface area contributed by atoms with Crippen LogP contribution in [0.15, 0.2) is 52.9 Å². The van der Waals surface area contributed by atoms with Crippen LogP contribution in [0, 0.1) is 6.92 Å². The van der Waals surface area contributed by atoms with Crippen LogP contribution in [0.25, 0.3) is 22.3 Å². The third-order valence-electron chi connectivity index (χ3n) is 3.92. The average molecular weight is 279 g/mol. The van der Waals surface area contributed by atoms with E-state index in [1.165, 1.54) is 11.1 Å². The Kier molecular flexibility index (Phi) is 3.80. The molecule has 3 rings (SSSR count). The van der Waals surface area contributed by atoms with E-state index in [1.807, 2.05) is 0 Å². The van der Waals surface area contributed by atoms with E-state index in [9.17, 15) is 0 Å². The Balaban J connectivity index is 2.02. The molecular weight excluding hydrogens is 258 g/mol. The van der Waals surface area contributed by atoms with Crippen LogP contribution < -0.4 is 5.32 Å². The van der Waals surface area contributed by atoms with Crippen LogP contribution in [-0.2, 0) is 0 Å². The summed E-state index contributed by atoms with van der Waals surface area (Å²) in [4.78, 5) is 0. The molecule has 0 saturated heterocycles. The summed E-state index contributed by atoms with van der Waals surface area (Å²) in [7, 11) is 0. The highest BCUT2D eigenvalue weighted by atomic mass is 16.3. The minimum atomic E-state index is 0.348. The largest absolute Gasteiger partial charge is 0.456 e. The summed E-state index contributed by atoms with van der Waals surface area (Å²) in [6.45, 7) is 7.36. The van der Waals surface area contributed by atoms with Crippen LogP contribution in [0.1, 0.15) is 31.0 Å². The number of benzene rings is 2. The van der Waals surface area contributed by atoms with Crippen molar-refractivity contribution in [3.63, 3.8) is 0 Å². The van der Waals surface area contributed by atoms with E-state index < -0.39 is 0 Å². The molecule has 2 heteroatoms. The van der Waals surface area contributed by atoms with Gasteiger partial charge in [0.15, 0.2) is 0 Å². The number of aryl methyl sites for hydroxylation is 1. The van der Waals surface area contributed by atoms with Crippen molar-refractivity contribution < 1.29 is 4.42 Å². The molecular formula is C19H21NO. The fraction of sp³-hybridized carbons (Fsp3) is 0.263. The fourth-order valence-electron chi connectivity index (χ4n) is 2.74. The van der Waals surface area contributed by atoms with E-state index in [1.54, 1.807) is 0 Å². The second-order valence-corrected chi connectivity index (χ2v) is 5.51. The third-order valence-corrected chi connectivity index (χ3v) is 3.92. The van der Waals surface area contributed by atoms with Gasteiger partial charge in [0.25, 0.3) is 0 Å². The van der Waals surface area contributed by atoms with E-state index in [0.29, 0.717) is 6.04 Å². The van der Waals surface area contributed by atoms with Gasteiger partial charge in [0.2, 0.25) is 0 Å². The standard InChI is InChI=1S/C19H21NO/c1-4-20-14(3)15-8-6-9-16(11-15)18-12-17-10-5-7-13(2)19(17)21-18/h5-12,14,20H,4H2,1-3H3. The molecule has 0 saturated carbocycles. The highest BCUT2D eigenvalue weighted by Gasteiger charge is 2.10. The predicted octanol–water partition coefficient (Wildman–Crippen LogP) is 5.08. The first-order chi connectivity index (χ1) is 10.2. The first kappa shape index (κ1) is 13.9. The Labute approximate surface area is 125 Å². The van der Waals surface area contributed by atoms with Gasteiger partial charge in [-0.25, -0.2) is 0 Å². The van der Waals surface area contributed by atoms with Crippen LogP contribution in [-0.4, -0.2) is 6.54 Å². The lowest BCUT2D eigenvalue weighted by molar-refractivity contribution is 0.597. The lowest BCUT2D eigenvalue weighted by Crippen LogP contribution is -2.17. The Bertz CT molecular complexity index is 757. The van der Waals surface area contributed by atoms with Crippen molar-refractivity contribution in [2.45, 2.75) is 26.8 Å². The highest BCUT2D eigenvalue weighted by Crippen LogP contribution is 2.30. The average Bonchev–Trinajstić information content (AvgIpc) is 2.93. The molecule has 0 radical (unpaired) electrons. The maximum Gasteiger partial charge on any atom is 0.137 e. The van der Waals surface area contributed by atoms with Gasteiger partial charge >= 0.3 is 0 Å². The molecule has 1 atom stereocenters. The van der Waals surface area contributed by atoms with Gasteiger partial charge in [0.1, 0.15) is 11.3 Å². The zero-order chi connectivity index (χ0) is 14.8. The van der Waals surface area contributed by atoms with Gasteiger partial charge in [-0.1, -0.05) is 43.3 Å². The third kappa shape index (κ3) is 2.72. The lowest BCUT2D eigenvalue weighted by atomic mass is 10.0. The SMILES string of the molecule is CCNC(C)c1cccc(-c2cc3cccc(C)c3o2)c1. The maximum atomic E-state index is 6.06. The lowest BCUT2D eigenvalue weighted by Gasteiger charge is -2.13. The molecule has 108 valence electrons. The van der Waals surface area contributed by atoms with Crippen molar-refractivity contribution in [3.05, 3.63) is 59.7 Å². The summed E-state index contributed by atoms with van der Waals surface area (Å²) in [5, 5.41) is 4.61. The normalized spacial score (nSPS) is 12.7. The molecule has 0 amide bonds. The minimum absolute atomic E-state index is 0.348. The number of fused-ring (bicyclic) bond motifs is 1. The molecule has 1 N–H and O–H groups in total. The number of hydrogen-bond acceptors (Lipinski definition) is 2. The Hall–Kier alpha value is -2.06. The van der Waals surface area contributed by atoms with Crippen molar-refractivity contribution >= 4 is 11.0 Å². The Morgan fingerprint density at radius 3 is 2.67 bits per heavy atom. The fourth-order valence-corrected chi connectivity index (χ4v) is 2.74. The molecule has 3 aromatic rings. The monoisotopic (exact) mass is 279 g/mol. The molecule has 2 aromatic carbocycles. The van der Waals surface area contributed by atoms with Crippen molar-refractivity contribution in [3.8, 4) is 11.3 Å². The number of furan rings is 1. The second-order valence-electron chi connectivity index (χ2n) is 5.51. The highest BCUT2D eigenvalue weighted by molar-refractivity contribution is 5.85. The number of nitrogens with one attached hydrogen (secondary N) is 1. The molecule has 0 aliphatic rings. The van der Waals surface area contributed by atoms with Crippen molar-refractivity contribution in [2.75, 3.05) is 6.54 Å². The summed E-state index contributed by atoms with van der Waals surface area (Å²) in [5.41, 5.74) is 4.58. The Morgan fingerprint density at radius 2 is 1.90 bits per heavy atom. The van der Waals surface area contributed by atoms with E-state index in [2.05, 4.69) is 74.6 Å². The van der Waals surface area contributed by atoms with Crippen LogP contribution in [0.3, 0.4) is 0 Å². The summed E-state index contributed by atoms with van der Waals surface area (Å²) >= 11 is 0. The van der Waals surface area contributed by atoms with Crippen LogP contribution in [0.4, 0.5) is 0 Å². The molecule has 0 aliphatic carbocycles. The van der Waals surface area contributed by atoms with E-state index in [0.717, 1.165) is 28.8 Å². The molecule has 1 heterocycles. The van der Waals surface area contributed by atoms with Gasteiger partial charge in [-0.2, -0.15) is 0 Å². The molecule has 0 aliphatic heterocycles. The quantitative estimate of drug-likeness (QED) is 0.720. The minimum Gasteiger partial charge on any atom is -0.456 e. The smallest absolute Gasteiger partial charge is 0.137 e. The van der Waals surface area contributed by atoms with Crippen LogP contribution >= 0.6 is 0 Å². The zero-order valence-corrected chi connectivity index (χ0v) is 12.8. The second kappa shape index (κ2) is 5.74.